The molecular formula is C17H15ClN4O4. The minimum atomic E-state index is -0.714. The van der Waals surface area contributed by atoms with Crippen molar-refractivity contribution >= 4 is 35.3 Å². The van der Waals surface area contributed by atoms with Gasteiger partial charge in [0, 0.05) is 6.54 Å². The predicted molar refractivity (Wildman–Crippen MR) is 90.7 cm³/mol. The second-order valence-electron chi connectivity index (χ2n) is 6.57. The third-order valence-electron chi connectivity index (χ3n) is 5.39. The van der Waals surface area contributed by atoms with Gasteiger partial charge in [-0.05, 0) is 31.0 Å². The van der Waals surface area contributed by atoms with E-state index in [1.54, 1.807) is 17.9 Å². The first kappa shape index (κ1) is 16.7. The minimum Gasteiger partial charge on any atom is -0.453 e. The Labute approximate surface area is 154 Å². The van der Waals surface area contributed by atoms with Crippen LogP contribution in [0.4, 0.5) is 15.3 Å². The lowest BCUT2D eigenvalue weighted by Crippen LogP contribution is -2.54. The van der Waals surface area contributed by atoms with E-state index in [0.717, 1.165) is 4.90 Å². The van der Waals surface area contributed by atoms with Crippen LogP contribution in [-0.2, 0) is 9.53 Å². The number of rotatable bonds is 1. The molecule has 26 heavy (non-hydrogen) atoms. The summed E-state index contributed by atoms with van der Waals surface area (Å²) in [6.07, 6.45) is 0.0755. The Morgan fingerprint density at radius 3 is 2.77 bits per heavy atom. The normalized spacial score (nSPS) is 26.4. The number of carbonyl (C=O) groups is 3. The van der Waals surface area contributed by atoms with Crippen LogP contribution in [0.5, 0.6) is 0 Å². The molecule has 3 heterocycles. The topological polar surface area (TPSA) is 94.0 Å². The number of nitrogens with zero attached hydrogens (tertiary/aromatic N) is 4. The van der Waals surface area contributed by atoms with E-state index < -0.39 is 18.2 Å². The number of urea groups is 1. The monoisotopic (exact) mass is 374 g/mol. The number of ether oxygens (including phenoxy) is 1. The number of piperazine rings is 1. The molecule has 1 aromatic carbocycles. The van der Waals surface area contributed by atoms with Crippen LogP contribution in [-0.4, -0.2) is 59.6 Å². The average molecular weight is 375 g/mol. The zero-order valence-electron chi connectivity index (χ0n) is 14.1. The summed E-state index contributed by atoms with van der Waals surface area (Å²) in [7, 11) is 1.29. The fraction of sp³-hybridized carbons (Fsp3) is 0.412. The number of carbonyl (C=O) groups excluding carboxylic acids is 3. The summed E-state index contributed by atoms with van der Waals surface area (Å²) < 4.78 is 4.78. The van der Waals surface area contributed by atoms with Crippen LogP contribution >= 0.6 is 11.6 Å². The van der Waals surface area contributed by atoms with Crippen molar-refractivity contribution in [1.82, 2.24) is 9.80 Å². The van der Waals surface area contributed by atoms with Gasteiger partial charge in [0.2, 0.25) is 0 Å². The molecule has 0 saturated carbocycles. The average Bonchev–Trinajstić information content (AvgIpc) is 3.29. The molecule has 8 nitrogen and oxygen atoms in total. The van der Waals surface area contributed by atoms with Crippen LogP contribution in [0.15, 0.2) is 12.1 Å². The summed E-state index contributed by atoms with van der Waals surface area (Å²) in [5.74, 6) is -0.389. The Morgan fingerprint density at radius 1 is 1.38 bits per heavy atom. The standard InChI is InChI=1S/C17H15ClN4O4/c1-8-11(4-3-9(6-19)13(8)18)22-15(23)14-12-5-10(21(14)16(22)24)7-20(12)17(25)26-2/h3-4,10,12,14H,5,7H2,1-2H3/t10-,12-,14-/m0/s1. The molecule has 2 bridgehead atoms. The Bertz CT molecular complexity index is 895. The quantitative estimate of drug-likeness (QED) is 0.699. The highest BCUT2D eigenvalue weighted by atomic mass is 35.5. The molecule has 0 aliphatic carbocycles. The molecule has 4 amide bonds. The van der Waals surface area contributed by atoms with Gasteiger partial charge >= 0.3 is 12.1 Å². The number of anilines is 1. The lowest BCUT2D eigenvalue weighted by molar-refractivity contribution is -0.121. The fourth-order valence-electron chi connectivity index (χ4n) is 4.21. The van der Waals surface area contributed by atoms with Crippen LogP contribution < -0.4 is 4.90 Å². The number of imide groups is 1. The van der Waals surface area contributed by atoms with Gasteiger partial charge in [0.25, 0.3) is 5.91 Å². The molecule has 0 spiro atoms. The molecule has 3 aliphatic heterocycles. The Balaban J connectivity index is 1.72. The van der Waals surface area contributed by atoms with Crippen molar-refractivity contribution in [3.05, 3.63) is 28.3 Å². The fourth-order valence-corrected chi connectivity index (χ4v) is 4.41. The summed E-state index contributed by atoms with van der Waals surface area (Å²) >= 11 is 6.19. The van der Waals surface area contributed by atoms with Gasteiger partial charge in [-0.25, -0.2) is 14.5 Å². The first-order chi connectivity index (χ1) is 12.4. The van der Waals surface area contributed by atoms with Gasteiger partial charge in [0.15, 0.2) is 0 Å². The van der Waals surface area contributed by atoms with E-state index in [0.29, 0.717) is 24.2 Å². The summed E-state index contributed by atoms with van der Waals surface area (Å²) in [6, 6.07) is 3.30. The summed E-state index contributed by atoms with van der Waals surface area (Å²) in [4.78, 5) is 42.1. The van der Waals surface area contributed by atoms with Crippen molar-refractivity contribution < 1.29 is 19.1 Å². The highest BCUT2D eigenvalue weighted by Crippen LogP contribution is 2.43. The molecule has 134 valence electrons. The third kappa shape index (κ3) is 1.98. The van der Waals surface area contributed by atoms with Crippen LogP contribution in [0.2, 0.25) is 5.02 Å². The molecule has 3 saturated heterocycles. The van der Waals surface area contributed by atoms with E-state index in [-0.39, 0.29) is 28.6 Å². The lowest BCUT2D eigenvalue weighted by Gasteiger charge is -2.33. The summed E-state index contributed by atoms with van der Waals surface area (Å²) in [5.41, 5.74) is 1.14. The van der Waals surface area contributed by atoms with Crippen molar-refractivity contribution in [3.63, 3.8) is 0 Å². The third-order valence-corrected chi connectivity index (χ3v) is 5.88. The van der Waals surface area contributed by atoms with Crippen LogP contribution in [0.3, 0.4) is 0 Å². The minimum absolute atomic E-state index is 0.209. The first-order valence-corrected chi connectivity index (χ1v) is 8.48. The smallest absolute Gasteiger partial charge is 0.409 e. The number of methoxy groups -OCH3 is 1. The molecule has 4 rings (SSSR count). The van der Waals surface area contributed by atoms with E-state index in [2.05, 4.69) is 0 Å². The number of nitriles is 1. The van der Waals surface area contributed by atoms with Crippen molar-refractivity contribution in [2.45, 2.75) is 31.5 Å². The molecule has 1 aromatic rings. The van der Waals surface area contributed by atoms with E-state index in [1.807, 2.05) is 6.07 Å². The highest BCUT2D eigenvalue weighted by molar-refractivity contribution is 6.33. The van der Waals surface area contributed by atoms with Crippen LogP contribution in [0.1, 0.15) is 17.5 Å². The Morgan fingerprint density at radius 2 is 2.12 bits per heavy atom. The Hall–Kier alpha value is -2.79. The zero-order chi connectivity index (χ0) is 18.7. The Kier molecular flexibility index (Phi) is 3.59. The molecule has 0 aromatic heterocycles. The molecule has 0 radical (unpaired) electrons. The maximum atomic E-state index is 13.0. The molecule has 3 aliphatic rings. The number of hydrogen-bond acceptors (Lipinski definition) is 5. The predicted octanol–water partition coefficient (Wildman–Crippen LogP) is 1.88. The molecule has 3 fully saturated rings. The van der Waals surface area contributed by atoms with E-state index in [4.69, 9.17) is 21.6 Å². The second kappa shape index (κ2) is 5.61. The van der Waals surface area contributed by atoms with Gasteiger partial charge < -0.3 is 14.5 Å². The van der Waals surface area contributed by atoms with E-state index in [1.165, 1.54) is 18.1 Å². The van der Waals surface area contributed by atoms with Crippen molar-refractivity contribution in [3.8, 4) is 6.07 Å². The summed E-state index contributed by atoms with van der Waals surface area (Å²) in [6.45, 7) is 2.02. The maximum Gasteiger partial charge on any atom is 0.409 e. The van der Waals surface area contributed by atoms with Gasteiger partial charge in [0.1, 0.15) is 12.1 Å². The number of hydrogen-bond donors (Lipinski definition) is 0. The maximum absolute atomic E-state index is 13.0. The van der Waals surface area contributed by atoms with Crippen LogP contribution in [0.25, 0.3) is 0 Å². The van der Waals surface area contributed by atoms with Crippen LogP contribution in [0, 0.1) is 18.3 Å². The summed E-state index contributed by atoms with van der Waals surface area (Å²) in [5, 5.41) is 9.30. The van der Waals surface area contributed by atoms with Gasteiger partial charge in [-0.3, -0.25) is 4.79 Å². The largest absolute Gasteiger partial charge is 0.453 e. The van der Waals surface area contributed by atoms with Crippen molar-refractivity contribution in [2.75, 3.05) is 18.6 Å². The second-order valence-corrected chi connectivity index (χ2v) is 6.95. The SMILES string of the molecule is COC(=O)N1C[C@@H]2C[C@H]1[C@H]1C(=O)N(c3ccc(C#N)c(Cl)c3C)C(=O)N21. The first-order valence-electron chi connectivity index (χ1n) is 8.10. The van der Waals surface area contributed by atoms with Gasteiger partial charge in [-0.15, -0.1) is 0 Å². The molecule has 0 unspecified atom stereocenters. The lowest BCUT2D eigenvalue weighted by atomic mass is 10.1. The molecule has 3 atom stereocenters. The van der Waals surface area contributed by atoms with E-state index >= 15 is 0 Å². The van der Waals surface area contributed by atoms with E-state index in [9.17, 15) is 14.4 Å². The number of benzene rings is 1. The van der Waals surface area contributed by atoms with Gasteiger partial charge in [-0.1, -0.05) is 11.6 Å². The molecule has 9 heteroatoms. The highest BCUT2D eigenvalue weighted by Gasteiger charge is 2.63. The van der Waals surface area contributed by atoms with Crippen molar-refractivity contribution in [1.29, 1.82) is 5.26 Å². The number of amides is 4. The van der Waals surface area contributed by atoms with Gasteiger partial charge in [-0.2, -0.15) is 5.26 Å². The van der Waals surface area contributed by atoms with Crippen molar-refractivity contribution in [2.24, 2.45) is 0 Å². The number of halogens is 1. The number of likely N-dealkylation sites (tertiary alicyclic amines) is 1. The molecule has 0 N–H and O–H groups in total. The molecular weight excluding hydrogens is 360 g/mol. The van der Waals surface area contributed by atoms with Gasteiger partial charge in [0.05, 0.1) is 35.5 Å². The zero-order valence-corrected chi connectivity index (χ0v) is 14.9. The number of fused-ring (bicyclic) bond motifs is 5.